The number of fused-ring (bicyclic) bond motifs is 5. The number of aliphatic hydroxyl groups is 1. The molecule has 0 amide bonds. The standard InChI is InChI=1S/C38H56N2O3.CH4/c1-36(2,41)20-8-5-11-27-14-16-31-30-15-17-33-35(43-26-29-13-7-10-24-40-29)34(42-25-28-12-6-9-23-39-28)19-22-38(33,4)32(30)18-21-37(27,31)3;/h6-7,9-10,12-13,23-24,27,30-35,41H,5,8,11,14-22,25-26H2,1-4H3;1H4/t27?,30?,31?,32?,33?,34?,35?,37?,38-;/m1./s1. The minimum atomic E-state index is -0.532. The van der Waals surface area contributed by atoms with Crippen molar-refractivity contribution in [3.8, 4) is 0 Å². The summed E-state index contributed by atoms with van der Waals surface area (Å²) in [6, 6.07) is 12.2. The van der Waals surface area contributed by atoms with E-state index in [9.17, 15) is 5.11 Å². The average molecular weight is 605 g/mol. The van der Waals surface area contributed by atoms with Gasteiger partial charge in [-0.1, -0.05) is 46.2 Å². The summed E-state index contributed by atoms with van der Waals surface area (Å²) < 4.78 is 13.5. The second-order valence-electron chi connectivity index (χ2n) is 15.7. The Hall–Kier alpha value is -1.82. The molecule has 0 bridgehead atoms. The van der Waals surface area contributed by atoms with Crippen molar-refractivity contribution in [2.45, 2.75) is 143 Å². The van der Waals surface area contributed by atoms with Gasteiger partial charge < -0.3 is 14.6 Å². The molecular formula is C39H60N2O3. The monoisotopic (exact) mass is 604 g/mol. The molecule has 0 aliphatic heterocycles. The fraction of sp³-hybridized carbons (Fsp3) is 0.744. The second kappa shape index (κ2) is 13.9. The Morgan fingerprint density at radius 3 is 2.07 bits per heavy atom. The number of hydrogen-bond donors (Lipinski definition) is 1. The summed E-state index contributed by atoms with van der Waals surface area (Å²) in [5, 5.41) is 10.2. The third-order valence-corrected chi connectivity index (χ3v) is 12.8. The summed E-state index contributed by atoms with van der Waals surface area (Å²) in [5.74, 6) is 3.88. The lowest BCUT2D eigenvalue weighted by molar-refractivity contribution is -0.206. The third-order valence-electron chi connectivity index (χ3n) is 12.8. The molecule has 4 aliphatic rings. The van der Waals surface area contributed by atoms with E-state index in [-0.39, 0.29) is 19.6 Å². The number of rotatable bonds is 11. The van der Waals surface area contributed by atoms with Crippen molar-refractivity contribution in [1.82, 2.24) is 9.97 Å². The summed E-state index contributed by atoms with van der Waals surface area (Å²) in [6.07, 6.45) is 19.0. The molecule has 2 heterocycles. The van der Waals surface area contributed by atoms with Crippen LogP contribution in [0.25, 0.3) is 0 Å². The van der Waals surface area contributed by atoms with Crippen LogP contribution in [0.2, 0.25) is 0 Å². The van der Waals surface area contributed by atoms with E-state index in [0.29, 0.717) is 30.0 Å². The number of aromatic nitrogens is 2. The molecule has 244 valence electrons. The van der Waals surface area contributed by atoms with E-state index in [1.807, 2.05) is 44.4 Å². The Morgan fingerprint density at radius 2 is 1.41 bits per heavy atom. The largest absolute Gasteiger partial charge is 0.390 e. The first kappa shape index (κ1) is 33.5. The topological polar surface area (TPSA) is 64.5 Å². The molecule has 0 spiro atoms. The van der Waals surface area contributed by atoms with Gasteiger partial charge in [0.1, 0.15) is 0 Å². The quantitative estimate of drug-likeness (QED) is 0.259. The molecule has 6 rings (SSSR count). The van der Waals surface area contributed by atoms with Gasteiger partial charge >= 0.3 is 0 Å². The number of ether oxygens (including phenoxy) is 2. The van der Waals surface area contributed by atoms with Crippen LogP contribution >= 0.6 is 0 Å². The van der Waals surface area contributed by atoms with E-state index in [4.69, 9.17) is 9.47 Å². The molecule has 1 N–H and O–H groups in total. The van der Waals surface area contributed by atoms with E-state index in [2.05, 4.69) is 42.0 Å². The first-order valence-electron chi connectivity index (χ1n) is 17.4. The zero-order valence-corrected chi connectivity index (χ0v) is 27.2. The highest BCUT2D eigenvalue weighted by molar-refractivity contribution is 5.12. The zero-order valence-electron chi connectivity index (χ0n) is 27.2. The summed E-state index contributed by atoms with van der Waals surface area (Å²) >= 11 is 0. The van der Waals surface area contributed by atoms with Gasteiger partial charge in [0.15, 0.2) is 0 Å². The normalized spacial score (nSPS) is 36.5. The zero-order chi connectivity index (χ0) is 30.1. The maximum atomic E-state index is 10.2. The molecule has 8 unspecified atom stereocenters. The molecule has 4 aliphatic carbocycles. The SMILES string of the molecule is C.CC(C)(O)CCCCC1CCC2C3CCC4C(OCc5ccccn5)C(OCc5ccccn5)CC[C@]4(C)C3CCC12C. The molecule has 2 aromatic rings. The van der Waals surface area contributed by atoms with Crippen LogP contribution < -0.4 is 0 Å². The Morgan fingerprint density at radius 1 is 0.773 bits per heavy atom. The van der Waals surface area contributed by atoms with Gasteiger partial charge in [-0.3, -0.25) is 9.97 Å². The number of pyridine rings is 2. The fourth-order valence-electron chi connectivity index (χ4n) is 10.5. The molecule has 5 heteroatoms. The van der Waals surface area contributed by atoms with Crippen LogP contribution in [-0.2, 0) is 22.7 Å². The smallest absolute Gasteiger partial charge is 0.0893 e. The highest BCUT2D eigenvalue weighted by Crippen LogP contribution is 2.68. The van der Waals surface area contributed by atoms with E-state index >= 15 is 0 Å². The van der Waals surface area contributed by atoms with Crippen LogP contribution in [0.4, 0.5) is 0 Å². The summed E-state index contributed by atoms with van der Waals surface area (Å²) in [5.41, 5.74) is 2.26. The minimum Gasteiger partial charge on any atom is -0.390 e. The molecule has 2 aromatic heterocycles. The van der Waals surface area contributed by atoms with E-state index < -0.39 is 5.60 Å². The molecule has 0 saturated heterocycles. The van der Waals surface area contributed by atoms with Crippen molar-refractivity contribution in [3.63, 3.8) is 0 Å². The van der Waals surface area contributed by atoms with Crippen LogP contribution in [0.15, 0.2) is 48.8 Å². The summed E-state index contributed by atoms with van der Waals surface area (Å²) in [4.78, 5) is 9.09. The van der Waals surface area contributed by atoms with Crippen LogP contribution in [-0.4, -0.2) is 32.9 Å². The summed E-state index contributed by atoms with van der Waals surface area (Å²) in [6.45, 7) is 10.3. The Kier molecular flexibility index (Phi) is 10.6. The Bertz CT molecular complexity index is 1170. The highest BCUT2D eigenvalue weighted by Gasteiger charge is 2.62. The average Bonchev–Trinajstić information content (AvgIpc) is 3.34. The van der Waals surface area contributed by atoms with Crippen LogP contribution in [0, 0.1) is 40.4 Å². The molecule has 0 radical (unpaired) electrons. The van der Waals surface area contributed by atoms with Crippen LogP contribution in [0.5, 0.6) is 0 Å². The van der Waals surface area contributed by atoms with Crippen LogP contribution in [0.1, 0.15) is 124 Å². The molecule has 0 aromatic carbocycles. The van der Waals surface area contributed by atoms with Crippen molar-refractivity contribution in [2.75, 3.05) is 0 Å². The first-order valence-corrected chi connectivity index (χ1v) is 17.4. The minimum absolute atomic E-state index is 0. The van der Waals surface area contributed by atoms with Crippen molar-refractivity contribution in [3.05, 3.63) is 60.2 Å². The number of hydrogen-bond acceptors (Lipinski definition) is 5. The highest BCUT2D eigenvalue weighted by atomic mass is 16.5. The first-order chi connectivity index (χ1) is 20.7. The molecular weight excluding hydrogens is 544 g/mol. The predicted molar refractivity (Wildman–Crippen MR) is 178 cm³/mol. The van der Waals surface area contributed by atoms with E-state index in [1.165, 1.54) is 57.8 Å². The maximum absolute atomic E-state index is 10.2. The van der Waals surface area contributed by atoms with Gasteiger partial charge in [0.05, 0.1) is 42.4 Å². The molecule has 4 saturated carbocycles. The van der Waals surface area contributed by atoms with Crippen molar-refractivity contribution < 1.29 is 14.6 Å². The van der Waals surface area contributed by atoms with Gasteiger partial charge in [0, 0.05) is 12.4 Å². The fourth-order valence-corrected chi connectivity index (χ4v) is 10.5. The van der Waals surface area contributed by atoms with Gasteiger partial charge in [-0.05, 0) is 143 Å². The van der Waals surface area contributed by atoms with Gasteiger partial charge in [0.2, 0.25) is 0 Å². The number of nitrogens with zero attached hydrogens (tertiary/aromatic N) is 2. The van der Waals surface area contributed by atoms with Crippen molar-refractivity contribution >= 4 is 0 Å². The lowest BCUT2D eigenvalue weighted by atomic mass is 9.44. The van der Waals surface area contributed by atoms with Gasteiger partial charge in [-0.15, -0.1) is 0 Å². The molecule has 44 heavy (non-hydrogen) atoms. The predicted octanol–water partition coefficient (Wildman–Crippen LogP) is 9.18. The van der Waals surface area contributed by atoms with Crippen molar-refractivity contribution in [1.29, 1.82) is 0 Å². The maximum Gasteiger partial charge on any atom is 0.0893 e. The molecule has 9 atom stereocenters. The van der Waals surface area contributed by atoms with E-state index in [0.717, 1.165) is 54.3 Å². The third kappa shape index (κ3) is 6.95. The summed E-state index contributed by atoms with van der Waals surface area (Å²) in [7, 11) is 0. The lowest BCUT2D eigenvalue weighted by Crippen LogP contribution is -2.59. The van der Waals surface area contributed by atoms with Gasteiger partial charge in [-0.2, -0.15) is 0 Å². The van der Waals surface area contributed by atoms with E-state index in [1.54, 1.807) is 0 Å². The molecule has 4 fully saturated rings. The number of unbranched alkanes of at least 4 members (excludes halogenated alkanes) is 1. The Labute approximate surface area is 268 Å². The second-order valence-corrected chi connectivity index (χ2v) is 15.7. The molecule has 5 nitrogen and oxygen atoms in total. The van der Waals surface area contributed by atoms with Crippen molar-refractivity contribution in [2.24, 2.45) is 40.4 Å². The van der Waals surface area contributed by atoms with Gasteiger partial charge in [0.25, 0.3) is 0 Å². The van der Waals surface area contributed by atoms with Gasteiger partial charge in [-0.25, -0.2) is 0 Å². The van der Waals surface area contributed by atoms with Crippen LogP contribution in [0.3, 0.4) is 0 Å². The lowest BCUT2D eigenvalue weighted by Gasteiger charge is -2.62. The Balaban J connectivity index is 0.00000384.